The second-order valence-corrected chi connectivity index (χ2v) is 2.52. The minimum absolute atomic E-state index is 0.896. The predicted molar refractivity (Wildman–Crippen MR) is 32.9 cm³/mol. The molecule has 0 saturated carbocycles. The van der Waals surface area contributed by atoms with Crippen LogP contribution in [0.25, 0.3) is 0 Å². The maximum atomic E-state index is 4.93. The van der Waals surface area contributed by atoms with Crippen molar-refractivity contribution < 1.29 is 4.42 Å². The summed E-state index contributed by atoms with van der Waals surface area (Å²) in [6.45, 7) is 2.08. The van der Waals surface area contributed by atoms with Crippen LogP contribution < -0.4 is 0 Å². The van der Waals surface area contributed by atoms with Gasteiger partial charge in [-0.25, -0.2) is 4.98 Å². The molecule has 0 aromatic carbocycles. The van der Waals surface area contributed by atoms with Gasteiger partial charge in [-0.2, -0.15) is 0 Å². The Morgan fingerprint density at radius 3 is 3.25 bits per heavy atom. The van der Waals surface area contributed by atoms with E-state index in [1.807, 2.05) is 0 Å². The van der Waals surface area contributed by atoms with Gasteiger partial charge >= 0.3 is 0 Å². The smallest absolute Gasteiger partial charge is 0.182 e. The molecule has 44 valence electrons. The van der Waals surface area contributed by atoms with Crippen molar-refractivity contribution in [2.75, 3.05) is 5.75 Å². The number of hydrogen-bond acceptors (Lipinski definition) is 3. The van der Waals surface area contributed by atoms with E-state index in [1.54, 1.807) is 18.0 Å². The van der Waals surface area contributed by atoms with Crippen LogP contribution in [0.2, 0.25) is 0 Å². The summed E-state index contributed by atoms with van der Waals surface area (Å²) >= 11 is 1.65. The molecule has 8 heavy (non-hydrogen) atoms. The van der Waals surface area contributed by atoms with Gasteiger partial charge in [0.15, 0.2) is 11.5 Å². The largest absolute Gasteiger partial charge is 0.437 e. The minimum atomic E-state index is 0.896. The fourth-order valence-electron chi connectivity index (χ4n) is 0.418. The summed E-state index contributed by atoms with van der Waals surface area (Å²) in [6.07, 6.45) is 3.16. The van der Waals surface area contributed by atoms with Gasteiger partial charge in [0, 0.05) is 0 Å². The molecule has 1 aromatic heterocycles. The molecule has 0 aliphatic heterocycles. The standard InChI is InChI=1S/C5H7NOS/c1-2-8-5-3-6-4-7-5/h3-4H,2H2,1H3. The molecule has 0 spiro atoms. The molecule has 3 heteroatoms. The second-order valence-electron chi connectivity index (χ2n) is 1.25. The Morgan fingerprint density at radius 2 is 2.75 bits per heavy atom. The Morgan fingerprint density at radius 1 is 1.88 bits per heavy atom. The van der Waals surface area contributed by atoms with Gasteiger partial charge in [0.05, 0.1) is 6.20 Å². The molecule has 0 bridgehead atoms. The summed E-state index contributed by atoms with van der Waals surface area (Å²) < 4.78 is 4.93. The van der Waals surface area contributed by atoms with Crippen LogP contribution in [0.1, 0.15) is 6.92 Å². The summed E-state index contributed by atoms with van der Waals surface area (Å²) in [5.41, 5.74) is 0. The molecule has 0 aliphatic carbocycles. The fourth-order valence-corrected chi connectivity index (χ4v) is 0.949. The quantitative estimate of drug-likeness (QED) is 0.569. The van der Waals surface area contributed by atoms with Crippen LogP contribution in [-0.4, -0.2) is 10.7 Å². The second kappa shape index (κ2) is 2.77. The van der Waals surface area contributed by atoms with Crippen LogP contribution in [0.15, 0.2) is 22.1 Å². The van der Waals surface area contributed by atoms with Gasteiger partial charge < -0.3 is 4.42 Å². The molecule has 0 amide bonds. The van der Waals surface area contributed by atoms with Gasteiger partial charge in [0.1, 0.15) is 0 Å². The molecule has 0 saturated heterocycles. The van der Waals surface area contributed by atoms with E-state index in [9.17, 15) is 0 Å². The average Bonchev–Trinajstić information content (AvgIpc) is 2.19. The van der Waals surface area contributed by atoms with Crippen molar-refractivity contribution in [3.05, 3.63) is 12.6 Å². The third-order valence-corrected chi connectivity index (χ3v) is 1.47. The lowest BCUT2D eigenvalue weighted by atomic mass is 11.0. The lowest BCUT2D eigenvalue weighted by molar-refractivity contribution is 0.470. The Kier molecular flexibility index (Phi) is 1.97. The fraction of sp³-hybridized carbons (Fsp3) is 0.400. The molecule has 1 aromatic rings. The number of rotatable bonds is 2. The van der Waals surface area contributed by atoms with Crippen LogP contribution in [0.5, 0.6) is 0 Å². The van der Waals surface area contributed by atoms with Gasteiger partial charge in [0.25, 0.3) is 0 Å². The van der Waals surface area contributed by atoms with Crippen molar-refractivity contribution in [2.24, 2.45) is 0 Å². The van der Waals surface area contributed by atoms with E-state index in [4.69, 9.17) is 4.42 Å². The van der Waals surface area contributed by atoms with Gasteiger partial charge in [-0.05, 0) is 5.75 Å². The van der Waals surface area contributed by atoms with Crippen LogP contribution in [0, 0.1) is 0 Å². The van der Waals surface area contributed by atoms with Crippen molar-refractivity contribution in [2.45, 2.75) is 12.0 Å². The summed E-state index contributed by atoms with van der Waals surface area (Å²) in [7, 11) is 0. The van der Waals surface area contributed by atoms with Gasteiger partial charge in [0.2, 0.25) is 0 Å². The lowest BCUT2D eigenvalue weighted by Crippen LogP contribution is -1.62. The summed E-state index contributed by atoms with van der Waals surface area (Å²) in [5, 5.41) is 0.896. The molecule has 0 fully saturated rings. The number of nitrogens with zero attached hydrogens (tertiary/aromatic N) is 1. The Bertz CT molecular complexity index is 138. The van der Waals surface area contributed by atoms with Crippen LogP contribution in [0.3, 0.4) is 0 Å². The van der Waals surface area contributed by atoms with E-state index in [0.717, 1.165) is 10.8 Å². The Labute approximate surface area is 52.3 Å². The molecule has 1 rings (SSSR count). The van der Waals surface area contributed by atoms with Gasteiger partial charge in [-0.3, -0.25) is 0 Å². The van der Waals surface area contributed by atoms with Crippen LogP contribution >= 0.6 is 11.8 Å². The highest BCUT2D eigenvalue weighted by molar-refractivity contribution is 7.99. The van der Waals surface area contributed by atoms with Crippen LogP contribution in [-0.2, 0) is 0 Å². The van der Waals surface area contributed by atoms with Gasteiger partial charge in [-0.1, -0.05) is 18.7 Å². The topological polar surface area (TPSA) is 26.0 Å². The van der Waals surface area contributed by atoms with E-state index in [-0.39, 0.29) is 0 Å². The first-order valence-electron chi connectivity index (χ1n) is 2.44. The zero-order chi connectivity index (χ0) is 5.82. The lowest BCUT2D eigenvalue weighted by Gasteiger charge is -1.84. The SMILES string of the molecule is CCSc1cnco1. The number of aromatic nitrogens is 1. The van der Waals surface area contributed by atoms with E-state index in [0.29, 0.717) is 0 Å². The number of oxazole rings is 1. The first-order chi connectivity index (χ1) is 3.93. The Balaban J connectivity index is 2.50. The monoisotopic (exact) mass is 129 g/mol. The Hall–Kier alpha value is -0.440. The minimum Gasteiger partial charge on any atom is -0.437 e. The zero-order valence-electron chi connectivity index (χ0n) is 4.63. The normalized spacial score (nSPS) is 9.62. The molecule has 0 aliphatic rings. The molecule has 0 N–H and O–H groups in total. The molecule has 2 nitrogen and oxygen atoms in total. The molecule has 0 atom stereocenters. The first-order valence-corrected chi connectivity index (χ1v) is 3.43. The average molecular weight is 129 g/mol. The maximum absolute atomic E-state index is 4.93. The van der Waals surface area contributed by atoms with Crippen molar-refractivity contribution in [3.63, 3.8) is 0 Å². The molecule has 0 unspecified atom stereocenters. The highest BCUT2D eigenvalue weighted by Crippen LogP contribution is 2.14. The highest BCUT2D eigenvalue weighted by atomic mass is 32.2. The van der Waals surface area contributed by atoms with Crippen molar-refractivity contribution in [3.8, 4) is 0 Å². The van der Waals surface area contributed by atoms with Crippen LogP contribution in [0.4, 0.5) is 0 Å². The van der Waals surface area contributed by atoms with Crippen molar-refractivity contribution >= 4 is 11.8 Å². The highest BCUT2D eigenvalue weighted by Gasteiger charge is 1.90. The summed E-state index contributed by atoms with van der Waals surface area (Å²) in [4.78, 5) is 3.75. The summed E-state index contributed by atoms with van der Waals surface area (Å²) in [6, 6.07) is 0. The van der Waals surface area contributed by atoms with E-state index >= 15 is 0 Å². The van der Waals surface area contributed by atoms with E-state index < -0.39 is 0 Å². The maximum Gasteiger partial charge on any atom is 0.182 e. The predicted octanol–water partition coefficient (Wildman–Crippen LogP) is 1.79. The third kappa shape index (κ3) is 1.26. The van der Waals surface area contributed by atoms with Crippen molar-refractivity contribution in [1.29, 1.82) is 0 Å². The van der Waals surface area contributed by atoms with E-state index in [1.165, 1.54) is 6.39 Å². The molecular formula is C5H7NOS. The number of thioether (sulfide) groups is 1. The third-order valence-electron chi connectivity index (χ3n) is 0.696. The van der Waals surface area contributed by atoms with E-state index in [2.05, 4.69) is 11.9 Å². The van der Waals surface area contributed by atoms with Gasteiger partial charge in [-0.15, -0.1) is 0 Å². The molecule has 1 heterocycles. The number of hydrogen-bond donors (Lipinski definition) is 0. The first kappa shape index (κ1) is 5.69. The summed E-state index contributed by atoms with van der Waals surface area (Å²) in [5.74, 6) is 1.04. The molecule has 0 radical (unpaired) electrons. The van der Waals surface area contributed by atoms with Crippen molar-refractivity contribution in [1.82, 2.24) is 4.98 Å². The zero-order valence-corrected chi connectivity index (χ0v) is 5.44. The molecular weight excluding hydrogens is 122 g/mol.